The summed E-state index contributed by atoms with van der Waals surface area (Å²) in [5, 5.41) is 6.46. The maximum atomic E-state index is 6.17. The molecule has 0 unspecified atom stereocenters. The summed E-state index contributed by atoms with van der Waals surface area (Å²) in [5.74, 6) is 1.69. The standard InChI is InChI=1S/C20H16N6S/c21-19-23-15-8-4-5-9-16(15)26(19)20-24-17(14-10-11-27-18(14)25-20)22-12-13-6-2-1-3-7-13/h1-11H,12H2,(H2,21,23)(H,22,24,25). The smallest absolute Gasteiger partial charge is 0.240 e. The van der Waals surface area contributed by atoms with Crippen LogP contribution in [0.15, 0.2) is 66.0 Å². The van der Waals surface area contributed by atoms with Crippen LogP contribution in [0.4, 0.5) is 11.8 Å². The van der Waals surface area contributed by atoms with Crippen LogP contribution in [0.3, 0.4) is 0 Å². The van der Waals surface area contributed by atoms with Crippen LogP contribution in [0.25, 0.3) is 27.2 Å². The van der Waals surface area contributed by atoms with Crippen molar-refractivity contribution in [1.82, 2.24) is 19.5 Å². The third kappa shape index (κ3) is 2.78. The SMILES string of the molecule is Nc1nc2ccccc2n1-c1nc(NCc2ccccc2)c2ccsc2n1. The predicted octanol–water partition coefficient (Wildman–Crippen LogP) is 4.22. The molecule has 27 heavy (non-hydrogen) atoms. The Balaban J connectivity index is 1.62. The van der Waals surface area contributed by atoms with Crippen molar-refractivity contribution >= 4 is 44.4 Å². The van der Waals surface area contributed by atoms with Gasteiger partial charge in [0.15, 0.2) is 0 Å². The number of anilines is 2. The maximum Gasteiger partial charge on any atom is 0.240 e. The number of hydrogen-bond donors (Lipinski definition) is 2. The fraction of sp³-hybridized carbons (Fsp3) is 0.0500. The van der Waals surface area contributed by atoms with Crippen molar-refractivity contribution in [3.63, 3.8) is 0 Å². The molecular weight excluding hydrogens is 356 g/mol. The van der Waals surface area contributed by atoms with Gasteiger partial charge in [0.25, 0.3) is 0 Å². The highest BCUT2D eigenvalue weighted by Crippen LogP contribution is 2.29. The van der Waals surface area contributed by atoms with Gasteiger partial charge in [-0.15, -0.1) is 11.3 Å². The molecule has 6 nitrogen and oxygen atoms in total. The fourth-order valence-electron chi connectivity index (χ4n) is 3.12. The van der Waals surface area contributed by atoms with E-state index in [0.29, 0.717) is 18.4 Å². The zero-order valence-electron chi connectivity index (χ0n) is 14.3. The number of rotatable bonds is 4. The second-order valence-electron chi connectivity index (χ2n) is 6.14. The van der Waals surface area contributed by atoms with Gasteiger partial charge in [0.05, 0.1) is 16.4 Å². The highest BCUT2D eigenvalue weighted by atomic mass is 32.1. The van der Waals surface area contributed by atoms with E-state index in [9.17, 15) is 0 Å². The van der Waals surface area contributed by atoms with Crippen LogP contribution in [-0.4, -0.2) is 19.5 Å². The van der Waals surface area contributed by atoms with Crippen molar-refractivity contribution in [2.45, 2.75) is 6.54 Å². The second-order valence-corrected chi connectivity index (χ2v) is 7.04. The number of aromatic nitrogens is 4. The minimum absolute atomic E-state index is 0.376. The molecule has 3 heterocycles. The van der Waals surface area contributed by atoms with E-state index in [1.807, 2.05) is 53.9 Å². The Morgan fingerprint density at radius 2 is 1.74 bits per heavy atom. The molecule has 0 bridgehead atoms. The number of benzene rings is 2. The largest absolute Gasteiger partial charge is 0.369 e. The summed E-state index contributed by atoms with van der Waals surface area (Å²) < 4.78 is 1.79. The Kier molecular flexibility index (Phi) is 3.72. The third-order valence-corrected chi connectivity index (χ3v) is 5.21. The molecule has 0 spiro atoms. The monoisotopic (exact) mass is 372 g/mol. The molecule has 132 valence electrons. The van der Waals surface area contributed by atoms with E-state index in [0.717, 1.165) is 27.1 Å². The number of para-hydroxylation sites is 2. The normalized spacial score (nSPS) is 11.3. The van der Waals surface area contributed by atoms with Crippen LogP contribution in [0.5, 0.6) is 0 Å². The van der Waals surface area contributed by atoms with Crippen LogP contribution in [0, 0.1) is 0 Å². The van der Waals surface area contributed by atoms with Gasteiger partial charge in [0.1, 0.15) is 10.6 Å². The molecule has 7 heteroatoms. The lowest BCUT2D eigenvalue weighted by Gasteiger charge is -2.10. The lowest BCUT2D eigenvalue weighted by atomic mass is 10.2. The first-order chi connectivity index (χ1) is 13.3. The Labute approximate surface area is 159 Å². The summed E-state index contributed by atoms with van der Waals surface area (Å²) in [6.45, 7) is 0.683. The average molecular weight is 372 g/mol. The summed E-state index contributed by atoms with van der Waals surface area (Å²) in [7, 11) is 0. The van der Waals surface area contributed by atoms with Gasteiger partial charge in [0, 0.05) is 6.54 Å². The number of nitrogens with zero attached hydrogens (tertiary/aromatic N) is 4. The number of imidazole rings is 1. The van der Waals surface area contributed by atoms with Gasteiger partial charge in [-0.1, -0.05) is 42.5 Å². The molecule has 0 fully saturated rings. The number of thiophene rings is 1. The van der Waals surface area contributed by atoms with Gasteiger partial charge < -0.3 is 11.1 Å². The molecule has 0 amide bonds. The minimum Gasteiger partial charge on any atom is -0.369 e. The van der Waals surface area contributed by atoms with E-state index in [2.05, 4.69) is 22.4 Å². The first kappa shape index (κ1) is 15.8. The van der Waals surface area contributed by atoms with Crippen molar-refractivity contribution in [2.24, 2.45) is 0 Å². The van der Waals surface area contributed by atoms with Crippen LogP contribution < -0.4 is 11.1 Å². The molecule has 3 N–H and O–H groups in total. The highest BCUT2D eigenvalue weighted by molar-refractivity contribution is 7.16. The molecule has 0 aliphatic rings. The van der Waals surface area contributed by atoms with Crippen molar-refractivity contribution in [2.75, 3.05) is 11.1 Å². The van der Waals surface area contributed by atoms with Gasteiger partial charge in [-0.05, 0) is 29.1 Å². The molecule has 0 aliphatic heterocycles. The number of nitrogens with two attached hydrogens (primary N) is 1. The van der Waals surface area contributed by atoms with Crippen LogP contribution in [-0.2, 0) is 6.54 Å². The van der Waals surface area contributed by atoms with Crippen molar-refractivity contribution in [3.05, 3.63) is 71.6 Å². The number of fused-ring (bicyclic) bond motifs is 2. The van der Waals surface area contributed by atoms with Crippen LogP contribution in [0.1, 0.15) is 5.56 Å². The summed E-state index contributed by atoms with van der Waals surface area (Å²) in [5.41, 5.74) is 9.07. The molecule has 2 aromatic carbocycles. The van der Waals surface area contributed by atoms with E-state index in [1.165, 1.54) is 5.56 Å². The molecule has 0 atom stereocenters. The van der Waals surface area contributed by atoms with E-state index >= 15 is 0 Å². The van der Waals surface area contributed by atoms with E-state index < -0.39 is 0 Å². The lowest BCUT2D eigenvalue weighted by molar-refractivity contribution is 0.973. The fourth-order valence-corrected chi connectivity index (χ4v) is 3.87. The zero-order chi connectivity index (χ0) is 18.2. The van der Waals surface area contributed by atoms with E-state index in [4.69, 9.17) is 15.7 Å². The Bertz CT molecular complexity index is 1240. The van der Waals surface area contributed by atoms with E-state index in [-0.39, 0.29) is 0 Å². The van der Waals surface area contributed by atoms with Crippen molar-refractivity contribution in [1.29, 1.82) is 0 Å². The van der Waals surface area contributed by atoms with Gasteiger partial charge in [-0.25, -0.2) is 14.5 Å². The minimum atomic E-state index is 0.376. The molecular formula is C20H16N6S. The molecule has 3 aromatic heterocycles. The number of nitrogens with one attached hydrogen (secondary N) is 1. The molecule has 0 saturated carbocycles. The first-order valence-corrected chi connectivity index (χ1v) is 9.44. The molecule has 0 aliphatic carbocycles. The Morgan fingerprint density at radius 1 is 0.926 bits per heavy atom. The zero-order valence-corrected chi connectivity index (χ0v) is 15.1. The maximum absolute atomic E-state index is 6.17. The Hall–Kier alpha value is -3.45. The predicted molar refractivity (Wildman–Crippen MR) is 110 cm³/mol. The molecule has 0 radical (unpaired) electrons. The second kappa shape index (κ2) is 6.37. The van der Waals surface area contributed by atoms with Crippen molar-refractivity contribution in [3.8, 4) is 5.95 Å². The van der Waals surface area contributed by atoms with Gasteiger partial charge in [-0.3, -0.25) is 0 Å². The lowest BCUT2D eigenvalue weighted by Crippen LogP contribution is -2.08. The average Bonchev–Trinajstić information content (AvgIpc) is 3.30. The van der Waals surface area contributed by atoms with Crippen LogP contribution in [0.2, 0.25) is 0 Å². The summed E-state index contributed by atoms with van der Waals surface area (Å²) in [6.07, 6.45) is 0. The van der Waals surface area contributed by atoms with Gasteiger partial charge >= 0.3 is 0 Å². The topological polar surface area (TPSA) is 81.6 Å². The van der Waals surface area contributed by atoms with Crippen LogP contribution >= 0.6 is 11.3 Å². The van der Waals surface area contributed by atoms with E-state index in [1.54, 1.807) is 15.9 Å². The molecule has 0 saturated heterocycles. The third-order valence-electron chi connectivity index (χ3n) is 4.40. The quantitative estimate of drug-likeness (QED) is 0.493. The van der Waals surface area contributed by atoms with Gasteiger partial charge in [0.2, 0.25) is 11.9 Å². The summed E-state index contributed by atoms with van der Waals surface area (Å²) >= 11 is 1.58. The summed E-state index contributed by atoms with van der Waals surface area (Å²) in [6, 6.07) is 20.1. The highest BCUT2D eigenvalue weighted by Gasteiger charge is 2.15. The first-order valence-electron chi connectivity index (χ1n) is 8.56. The van der Waals surface area contributed by atoms with Crippen molar-refractivity contribution < 1.29 is 0 Å². The number of nitrogen functional groups attached to an aromatic ring is 1. The van der Waals surface area contributed by atoms with Gasteiger partial charge in [-0.2, -0.15) is 4.98 Å². The summed E-state index contributed by atoms with van der Waals surface area (Å²) in [4.78, 5) is 14.8. The Morgan fingerprint density at radius 3 is 2.63 bits per heavy atom. The molecule has 5 rings (SSSR count). The molecule has 5 aromatic rings. The number of hydrogen-bond acceptors (Lipinski definition) is 6.